The highest BCUT2D eigenvalue weighted by molar-refractivity contribution is 7.15. The molecular formula is C23H23N9OS. The van der Waals surface area contributed by atoms with Gasteiger partial charge in [0.1, 0.15) is 18.5 Å². The van der Waals surface area contributed by atoms with Crippen molar-refractivity contribution >= 4 is 22.9 Å². The van der Waals surface area contributed by atoms with Crippen LogP contribution in [0.1, 0.15) is 65.0 Å². The number of thiophene rings is 1. The highest BCUT2D eigenvalue weighted by Gasteiger charge is 2.27. The van der Waals surface area contributed by atoms with Gasteiger partial charge in [0.2, 0.25) is 0 Å². The molecule has 5 heterocycles. The Morgan fingerprint density at radius 2 is 2.15 bits per heavy atom. The number of H-pyrrole nitrogens is 1. The van der Waals surface area contributed by atoms with Crippen molar-refractivity contribution in [3.05, 3.63) is 65.3 Å². The van der Waals surface area contributed by atoms with Gasteiger partial charge in [-0.1, -0.05) is 6.42 Å². The summed E-state index contributed by atoms with van der Waals surface area (Å²) >= 11 is 1.70. The fraction of sp³-hybridized carbons (Fsp3) is 0.304. The molecule has 0 saturated heterocycles. The third kappa shape index (κ3) is 3.48. The van der Waals surface area contributed by atoms with Crippen LogP contribution in [0.25, 0.3) is 21.9 Å². The lowest BCUT2D eigenvalue weighted by molar-refractivity contribution is 0.0938. The SMILES string of the molecule is Cc1ccc(-c2cnc3c(-n4cnnc4C4CCC4)cc(C(=O)N[C@@H](C)c4nnc[nH]4)cn23)s1. The minimum atomic E-state index is -0.322. The lowest BCUT2D eigenvalue weighted by atomic mass is 9.85. The molecule has 5 aromatic heterocycles. The fourth-order valence-electron chi connectivity index (χ4n) is 4.27. The zero-order valence-corrected chi connectivity index (χ0v) is 19.6. The van der Waals surface area contributed by atoms with E-state index in [1.165, 1.54) is 17.6 Å². The van der Waals surface area contributed by atoms with Crippen molar-refractivity contribution in [3.8, 4) is 16.3 Å². The minimum Gasteiger partial charge on any atom is -0.342 e. The van der Waals surface area contributed by atoms with Crippen LogP contribution in [0.15, 0.2) is 43.2 Å². The summed E-state index contributed by atoms with van der Waals surface area (Å²) in [4.78, 5) is 23.3. The molecule has 11 heteroatoms. The average molecular weight is 474 g/mol. The van der Waals surface area contributed by atoms with Gasteiger partial charge < -0.3 is 10.3 Å². The molecule has 5 aromatic rings. The Bertz CT molecular complexity index is 1480. The van der Waals surface area contributed by atoms with Gasteiger partial charge in [0.15, 0.2) is 11.5 Å². The Morgan fingerprint density at radius 1 is 1.26 bits per heavy atom. The van der Waals surface area contributed by atoms with E-state index >= 15 is 0 Å². The van der Waals surface area contributed by atoms with E-state index in [0.29, 0.717) is 17.3 Å². The van der Waals surface area contributed by atoms with Crippen molar-refractivity contribution in [2.24, 2.45) is 0 Å². The summed E-state index contributed by atoms with van der Waals surface area (Å²) in [5.41, 5.74) is 2.98. The van der Waals surface area contributed by atoms with Gasteiger partial charge in [0, 0.05) is 17.0 Å². The van der Waals surface area contributed by atoms with E-state index in [1.807, 2.05) is 34.4 Å². The van der Waals surface area contributed by atoms with E-state index in [2.05, 4.69) is 49.8 Å². The maximum atomic E-state index is 13.3. The van der Waals surface area contributed by atoms with Crippen molar-refractivity contribution in [1.29, 1.82) is 0 Å². The number of pyridine rings is 1. The summed E-state index contributed by atoms with van der Waals surface area (Å²) in [6.07, 6.45) is 10.3. The molecule has 6 rings (SSSR count). The Morgan fingerprint density at radius 3 is 2.85 bits per heavy atom. The molecule has 0 bridgehead atoms. The van der Waals surface area contributed by atoms with Gasteiger partial charge in [0.05, 0.1) is 34.1 Å². The summed E-state index contributed by atoms with van der Waals surface area (Å²) in [6, 6.07) is 5.71. The molecule has 172 valence electrons. The number of fused-ring (bicyclic) bond motifs is 1. The molecule has 10 nitrogen and oxygen atoms in total. The van der Waals surface area contributed by atoms with E-state index in [0.717, 1.165) is 40.6 Å². The number of carbonyl (C=O) groups is 1. The molecule has 0 aromatic carbocycles. The second-order valence-electron chi connectivity index (χ2n) is 8.62. The highest BCUT2D eigenvalue weighted by atomic mass is 32.1. The van der Waals surface area contributed by atoms with Gasteiger partial charge in [-0.05, 0) is 44.9 Å². The molecule has 2 N–H and O–H groups in total. The molecule has 0 spiro atoms. The quantitative estimate of drug-likeness (QED) is 0.387. The van der Waals surface area contributed by atoms with Gasteiger partial charge in [-0.2, -0.15) is 0 Å². The van der Waals surface area contributed by atoms with Crippen molar-refractivity contribution in [2.45, 2.75) is 45.1 Å². The van der Waals surface area contributed by atoms with E-state index < -0.39 is 0 Å². The predicted octanol–water partition coefficient (Wildman–Crippen LogP) is 3.83. The van der Waals surface area contributed by atoms with Crippen molar-refractivity contribution in [3.63, 3.8) is 0 Å². The Kier molecular flexibility index (Phi) is 4.98. The first kappa shape index (κ1) is 20.7. The highest BCUT2D eigenvalue weighted by Crippen LogP contribution is 2.37. The standard InChI is InChI=1S/C23H23N9OS/c1-13-6-7-19(34-13)18-9-24-22-17(32-12-27-30-21(32)15-4-3-5-15)8-16(10-31(18)22)23(33)28-14(2)20-25-11-26-29-20/h6-12,14-15H,3-5H2,1-2H3,(H,28,33)(H,25,26,29)/t14-/m0/s1. The number of hydrogen-bond acceptors (Lipinski definition) is 7. The van der Waals surface area contributed by atoms with Crippen LogP contribution in [0.3, 0.4) is 0 Å². The molecule has 34 heavy (non-hydrogen) atoms. The maximum Gasteiger partial charge on any atom is 0.253 e. The normalized spacial score (nSPS) is 14.9. The smallest absolute Gasteiger partial charge is 0.253 e. The zero-order valence-electron chi connectivity index (χ0n) is 18.8. The number of aryl methyl sites for hydroxylation is 1. The third-order valence-electron chi connectivity index (χ3n) is 6.34. The lowest BCUT2D eigenvalue weighted by Crippen LogP contribution is -2.28. The number of amides is 1. The molecule has 1 amide bonds. The zero-order chi connectivity index (χ0) is 23.2. The van der Waals surface area contributed by atoms with Crippen LogP contribution in [0, 0.1) is 6.92 Å². The summed E-state index contributed by atoms with van der Waals surface area (Å²) in [7, 11) is 0. The van der Waals surface area contributed by atoms with Gasteiger partial charge in [-0.3, -0.25) is 13.8 Å². The summed E-state index contributed by atoms with van der Waals surface area (Å²) in [5.74, 6) is 1.67. The van der Waals surface area contributed by atoms with Crippen LogP contribution in [0.4, 0.5) is 0 Å². The number of nitrogens with one attached hydrogen (secondary N) is 2. The van der Waals surface area contributed by atoms with Gasteiger partial charge in [-0.25, -0.2) is 4.98 Å². The fourth-order valence-corrected chi connectivity index (χ4v) is 5.15. The summed E-state index contributed by atoms with van der Waals surface area (Å²) in [6.45, 7) is 3.94. The predicted molar refractivity (Wildman–Crippen MR) is 127 cm³/mol. The van der Waals surface area contributed by atoms with Crippen molar-refractivity contribution < 1.29 is 4.79 Å². The molecule has 0 unspecified atom stereocenters. The number of rotatable bonds is 6. The average Bonchev–Trinajstić information content (AvgIpc) is 3.58. The van der Waals surface area contributed by atoms with E-state index in [4.69, 9.17) is 4.98 Å². The van der Waals surface area contributed by atoms with Crippen LogP contribution < -0.4 is 5.32 Å². The number of nitrogens with zero attached hydrogens (tertiary/aromatic N) is 7. The molecule has 1 fully saturated rings. The molecule has 1 aliphatic rings. The topological polar surface area (TPSA) is 119 Å². The molecular weight excluding hydrogens is 450 g/mol. The number of hydrogen-bond donors (Lipinski definition) is 2. The molecule has 1 atom stereocenters. The number of aromatic amines is 1. The van der Waals surface area contributed by atoms with Crippen molar-refractivity contribution in [1.82, 2.24) is 44.6 Å². The van der Waals surface area contributed by atoms with Gasteiger partial charge >= 0.3 is 0 Å². The molecule has 1 saturated carbocycles. The van der Waals surface area contributed by atoms with Crippen LogP contribution in [0.5, 0.6) is 0 Å². The molecule has 0 radical (unpaired) electrons. The second-order valence-corrected chi connectivity index (χ2v) is 9.91. The van der Waals surface area contributed by atoms with Gasteiger partial charge in [-0.15, -0.1) is 31.7 Å². The molecule has 1 aliphatic carbocycles. The molecule has 0 aliphatic heterocycles. The summed E-state index contributed by atoms with van der Waals surface area (Å²) < 4.78 is 3.96. The number of imidazole rings is 1. The second kappa shape index (κ2) is 8.17. The third-order valence-corrected chi connectivity index (χ3v) is 7.36. The van der Waals surface area contributed by atoms with Crippen LogP contribution in [0.2, 0.25) is 0 Å². The van der Waals surface area contributed by atoms with E-state index in [9.17, 15) is 4.79 Å². The summed E-state index contributed by atoms with van der Waals surface area (Å²) in [5, 5.41) is 19.4. The van der Waals surface area contributed by atoms with Crippen LogP contribution in [-0.2, 0) is 0 Å². The maximum absolute atomic E-state index is 13.3. The van der Waals surface area contributed by atoms with Crippen LogP contribution in [-0.4, -0.2) is 45.2 Å². The lowest BCUT2D eigenvalue weighted by Gasteiger charge is -2.25. The van der Waals surface area contributed by atoms with Gasteiger partial charge in [0.25, 0.3) is 5.91 Å². The van der Waals surface area contributed by atoms with Crippen LogP contribution >= 0.6 is 11.3 Å². The Labute approximate surface area is 199 Å². The monoisotopic (exact) mass is 473 g/mol. The Hall–Kier alpha value is -3.86. The van der Waals surface area contributed by atoms with E-state index in [-0.39, 0.29) is 11.9 Å². The first-order valence-electron chi connectivity index (χ1n) is 11.2. The Balaban J connectivity index is 1.48. The first-order chi connectivity index (χ1) is 16.6. The number of carbonyl (C=O) groups excluding carboxylic acids is 1. The number of aromatic nitrogens is 8. The van der Waals surface area contributed by atoms with E-state index in [1.54, 1.807) is 17.7 Å². The van der Waals surface area contributed by atoms with Crippen molar-refractivity contribution in [2.75, 3.05) is 0 Å². The first-order valence-corrected chi connectivity index (χ1v) is 12.0. The minimum absolute atomic E-state index is 0.215. The largest absolute Gasteiger partial charge is 0.342 e.